The number of nitrogens with zero attached hydrogens (tertiary/aromatic N) is 3. The first-order valence-corrected chi connectivity index (χ1v) is 9.67. The molecule has 1 aliphatic rings. The van der Waals surface area contributed by atoms with E-state index in [0.717, 1.165) is 16.9 Å². The molecule has 0 aliphatic carbocycles. The van der Waals surface area contributed by atoms with Gasteiger partial charge in [0.25, 0.3) is 0 Å². The van der Waals surface area contributed by atoms with Gasteiger partial charge in [-0.25, -0.2) is 0 Å². The van der Waals surface area contributed by atoms with Crippen LogP contribution in [0.25, 0.3) is 6.08 Å². The maximum absolute atomic E-state index is 12.3. The summed E-state index contributed by atoms with van der Waals surface area (Å²) < 4.78 is 10.8. The van der Waals surface area contributed by atoms with E-state index in [4.69, 9.17) is 20.9 Å². The first kappa shape index (κ1) is 19.2. The van der Waals surface area contributed by atoms with Crippen LogP contribution < -0.4 is 4.74 Å². The molecule has 1 amide bonds. The zero-order chi connectivity index (χ0) is 20.2. The average molecular weight is 410 g/mol. The Labute approximate surface area is 173 Å². The van der Waals surface area contributed by atoms with Gasteiger partial charge in [0.05, 0.1) is 13.0 Å². The number of ether oxygens (including phenoxy) is 1. The number of aromatic nitrogens is 2. The molecule has 0 spiro atoms. The lowest BCUT2D eigenvalue weighted by Gasteiger charge is -2.36. The minimum atomic E-state index is -0.0602. The predicted octanol–water partition coefficient (Wildman–Crippen LogP) is 3.96. The standard InChI is InChI=1S/C22H20ClN3O3/c1-28-19-9-5-3-7-16(19)12-20-24-22(29-25-20)17-13-26(14-17)21(27)11-10-15-6-2-4-8-18(15)23/h2-11,17H,12-14H2,1H3/b11-10+. The maximum Gasteiger partial charge on any atom is 0.246 e. The summed E-state index contributed by atoms with van der Waals surface area (Å²) in [6.07, 6.45) is 3.80. The van der Waals surface area contributed by atoms with Crippen LogP contribution in [0.4, 0.5) is 0 Å². The molecule has 148 valence electrons. The third-order valence-corrected chi connectivity index (χ3v) is 5.22. The molecule has 0 saturated carbocycles. The minimum Gasteiger partial charge on any atom is -0.496 e. The van der Waals surface area contributed by atoms with E-state index in [2.05, 4.69) is 10.1 Å². The molecule has 7 heteroatoms. The van der Waals surface area contributed by atoms with Gasteiger partial charge in [0.15, 0.2) is 5.82 Å². The van der Waals surface area contributed by atoms with E-state index in [0.29, 0.717) is 36.2 Å². The summed E-state index contributed by atoms with van der Waals surface area (Å²) in [4.78, 5) is 18.6. The fraction of sp³-hybridized carbons (Fsp3) is 0.227. The fourth-order valence-electron chi connectivity index (χ4n) is 3.22. The smallest absolute Gasteiger partial charge is 0.246 e. The van der Waals surface area contributed by atoms with Crippen LogP contribution in [-0.4, -0.2) is 41.1 Å². The van der Waals surface area contributed by atoms with Crippen molar-refractivity contribution in [1.29, 1.82) is 0 Å². The van der Waals surface area contributed by atoms with Gasteiger partial charge in [0.2, 0.25) is 11.8 Å². The van der Waals surface area contributed by atoms with Crippen molar-refractivity contribution >= 4 is 23.6 Å². The highest BCUT2D eigenvalue weighted by molar-refractivity contribution is 6.32. The Morgan fingerprint density at radius 3 is 2.79 bits per heavy atom. The topological polar surface area (TPSA) is 68.5 Å². The van der Waals surface area contributed by atoms with Crippen LogP contribution in [0.15, 0.2) is 59.1 Å². The highest BCUT2D eigenvalue weighted by atomic mass is 35.5. The maximum atomic E-state index is 12.3. The average Bonchev–Trinajstić information content (AvgIpc) is 3.14. The molecule has 1 saturated heterocycles. The second-order valence-corrected chi connectivity index (χ2v) is 7.24. The molecule has 6 nitrogen and oxygen atoms in total. The number of carbonyl (C=O) groups excluding carboxylic acids is 1. The van der Waals surface area contributed by atoms with Crippen LogP contribution in [0.3, 0.4) is 0 Å². The predicted molar refractivity (Wildman–Crippen MR) is 110 cm³/mol. The van der Waals surface area contributed by atoms with Crippen LogP contribution in [0, 0.1) is 0 Å². The molecule has 0 N–H and O–H groups in total. The summed E-state index contributed by atoms with van der Waals surface area (Å²) in [5.41, 5.74) is 1.81. The molecule has 4 rings (SSSR count). The van der Waals surface area contributed by atoms with Gasteiger partial charge in [0, 0.05) is 36.2 Å². The van der Waals surface area contributed by atoms with Crippen molar-refractivity contribution in [2.75, 3.05) is 20.2 Å². The van der Waals surface area contributed by atoms with Gasteiger partial charge in [0.1, 0.15) is 5.75 Å². The van der Waals surface area contributed by atoms with Gasteiger partial charge in [-0.15, -0.1) is 0 Å². The molecule has 3 aromatic rings. The number of hydrogen-bond acceptors (Lipinski definition) is 5. The molecule has 0 bridgehead atoms. The molecule has 0 atom stereocenters. The summed E-state index contributed by atoms with van der Waals surface area (Å²) in [6, 6.07) is 15.2. The van der Waals surface area contributed by atoms with E-state index >= 15 is 0 Å². The van der Waals surface area contributed by atoms with Gasteiger partial charge < -0.3 is 14.2 Å². The van der Waals surface area contributed by atoms with E-state index in [1.807, 2.05) is 42.5 Å². The lowest BCUT2D eigenvalue weighted by molar-refractivity contribution is -0.130. The molecule has 29 heavy (non-hydrogen) atoms. The lowest BCUT2D eigenvalue weighted by atomic mass is 10.00. The van der Waals surface area contributed by atoms with Crippen molar-refractivity contribution < 1.29 is 14.1 Å². The normalized spacial score (nSPS) is 14.2. The van der Waals surface area contributed by atoms with Gasteiger partial charge in [-0.3, -0.25) is 4.79 Å². The molecule has 2 heterocycles. The summed E-state index contributed by atoms with van der Waals surface area (Å²) in [5, 5.41) is 4.69. The van der Waals surface area contributed by atoms with E-state index in [-0.39, 0.29) is 11.8 Å². The third-order valence-electron chi connectivity index (χ3n) is 4.88. The third kappa shape index (κ3) is 4.32. The van der Waals surface area contributed by atoms with Gasteiger partial charge in [-0.2, -0.15) is 4.98 Å². The number of para-hydroxylation sites is 1. The SMILES string of the molecule is COc1ccccc1Cc1noc(C2CN(C(=O)/C=C/c3ccccc3Cl)C2)n1. The van der Waals surface area contributed by atoms with Crippen molar-refractivity contribution in [3.63, 3.8) is 0 Å². The number of benzene rings is 2. The first-order valence-electron chi connectivity index (χ1n) is 9.30. The van der Waals surface area contributed by atoms with Crippen LogP contribution in [0.2, 0.25) is 5.02 Å². The molecule has 2 aromatic carbocycles. The summed E-state index contributed by atoms with van der Waals surface area (Å²) in [5.74, 6) is 1.97. The molecule has 1 aliphatic heterocycles. The number of likely N-dealkylation sites (tertiary alicyclic amines) is 1. The Morgan fingerprint density at radius 1 is 1.24 bits per heavy atom. The number of carbonyl (C=O) groups is 1. The summed E-state index contributed by atoms with van der Waals surface area (Å²) in [6.45, 7) is 1.12. The van der Waals surface area contributed by atoms with Crippen LogP contribution in [0.1, 0.15) is 28.8 Å². The molecule has 0 unspecified atom stereocenters. The molecule has 0 radical (unpaired) electrons. The highest BCUT2D eigenvalue weighted by Gasteiger charge is 2.34. The van der Waals surface area contributed by atoms with E-state index in [1.54, 1.807) is 30.2 Å². The molecule has 1 aromatic heterocycles. The Morgan fingerprint density at radius 2 is 2.00 bits per heavy atom. The number of hydrogen-bond donors (Lipinski definition) is 0. The van der Waals surface area contributed by atoms with E-state index in [1.165, 1.54) is 0 Å². The van der Waals surface area contributed by atoms with Crippen LogP contribution >= 0.6 is 11.6 Å². The molecular formula is C22H20ClN3O3. The molecule has 1 fully saturated rings. The zero-order valence-electron chi connectivity index (χ0n) is 15.9. The second-order valence-electron chi connectivity index (χ2n) is 6.83. The minimum absolute atomic E-state index is 0.0602. The van der Waals surface area contributed by atoms with Crippen molar-refractivity contribution in [3.8, 4) is 5.75 Å². The highest BCUT2D eigenvalue weighted by Crippen LogP contribution is 2.27. The Kier molecular flexibility index (Phi) is 5.62. The monoisotopic (exact) mass is 409 g/mol. The number of amides is 1. The lowest BCUT2D eigenvalue weighted by Crippen LogP contribution is -2.47. The Bertz CT molecular complexity index is 1040. The van der Waals surface area contributed by atoms with Crippen LogP contribution in [-0.2, 0) is 11.2 Å². The van der Waals surface area contributed by atoms with Gasteiger partial charge in [-0.05, 0) is 23.8 Å². The van der Waals surface area contributed by atoms with Gasteiger partial charge in [-0.1, -0.05) is 53.2 Å². The number of halogens is 1. The number of methoxy groups -OCH3 is 1. The summed E-state index contributed by atoms with van der Waals surface area (Å²) in [7, 11) is 1.64. The van der Waals surface area contributed by atoms with Crippen molar-refractivity contribution in [2.24, 2.45) is 0 Å². The number of rotatable bonds is 6. The quantitative estimate of drug-likeness (QED) is 0.576. The Hall–Kier alpha value is -3.12. The first-order chi connectivity index (χ1) is 14.1. The fourth-order valence-corrected chi connectivity index (χ4v) is 3.41. The van der Waals surface area contributed by atoms with Gasteiger partial charge >= 0.3 is 0 Å². The second kappa shape index (κ2) is 8.49. The van der Waals surface area contributed by atoms with Crippen LogP contribution in [0.5, 0.6) is 5.75 Å². The molecular weight excluding hydrogens is 390 g/mol. The zero-order valence-corrected chi connectivity index (χ0v) is 16.7. The summed E-state index contributed by atoms with van der Waals surface area (Å²) >= 11 is 6.11. The van der Waals surface area contributed by atoms with Crippen molar-refractivity contribution in [3.05, 3.63) is 82.5 Å². The Balaban J connectivity index is 1.33. The van der Waals surface area contributed by atoms with E-state index < -0.39 is 0 Å². The van der Waals surface area contributed by atoms with E-state index in [9.17, 15) is 4.79 Å². The largest absolute Gasteiger partial charge is 0.496 e. The van der Waals surface area contributed by atoms with Crippen molar-refractivity contribution in [2.45, 2.75) is 12.3 Å². The van der Waals surface area contributed by atoms with Crippen molar-refractivity contribution in [1.82, 2.24) is 15.0 Å².